The number of halogens is 1. The van der Waals surface area contributed by atoms with E-state index < -0.39 is 13.3 Å². The molecule has 1 atom stereocenters. The molecule has 3 nitrogen and oxygen atoms in total. The van der Waals surface area contributed by atoms with Crippen LogP contribution in [0.1, 0.15) is 54.1 Å². The second kappa shape index (κ2) is 8.63. The number of rotatable bonds is 5. The van der Waals surface area contributed by atoms with Crippen molar-refractivity contribution in [2.24, 2.45) is 0 Å². The first-order valence-corrected chi connectivity index (χ1v) is 11.3. The summed E-state index contributed by atoms with van der Waals surface area (Å²) >= 11 is 6.25. The molecule has 3 aromatic rings. The third kappa shape index (κ3) is 3.76. The predicted octanol–water partition coefficient (Wildman–Crippen LogP) is 6.41. The second-order valence-corrected chi connectivity index (χ2v) is 9.30. The Labute approximate surface area is 182 Å². The highest BCUT2D eigenvalue weighted by molar-refractivity contribution is 7.71. The monoisotopic (exact) mass is 437 g/mol. The van der Waals surface area contributed by atoms with Gasteiger partial charge in [0.15, 0.2) is 5.78 Å². The lowest BCUT2D eigenvalue weighted by Crippen LogP contribution is -2.20. The molecule has 0 heterocycles. The van der Waals surface area contributed by atoms with Crippen molar-refractivity contribution in [2.75, 3.05) is 0 Å². The van der Waals surface area contributed by atoms with Gasteiger partial charge in [-0.25, -0.2) is 4.79 Å². The molecule has 0 aliphatic carbocycles. The van der Waals surface area contributed by atoms with Crippen LogP contribution in [0.5, 0.6) is 0 Å². The fourth-order valence-electron chi connectivity index (χ4n) is 3.81. The van der Waals surface area contributed by atoms with E-state index in [4.69, 9.17) is 11.6 Å². The summed E-state index contributed by atoms with van der Waals surface area (Å²) in [5, 5.41) is 0.708. The summed E-state index contributed by atoms with van der Waals surface area (Å²) in [4.78, 5) is 26.5. The predicted molar refractivity (Wildman–Crippen MR) is 123 cm³/mol. The highest BCUT2D eigenvalue weighted by Gasteiger charge is 2.40. The molecule has 0 saturated carbocycles. The molecule has 152 valence electrons. The topological polar surface area (TPSA) is 51.2 Å². The van der Waals surface area contributed by atoms with Gasteiger partial charge in [-0.2, -0.15) is 0 Å². The Morgan fingerprint density at radius 3 is 1.97 bits per heavy atom. The number of benzene rings is 3. The van der Waals surface area contributed by atoms with Crippen molar-refractivity contribution in [1.29, 1.82) is 0 Å². The minimum absolute atomic E-state index is 0.139. The van der Waals surface area contributed by atoms with E-state index in [-0.39, 0.29) is 16.4 Å². The van der Waals surface area contributed by atoms with Gasteiger partial charge < -0.3 is 0 Å². The van der Waals surface area contributed by atoms with Crippen LogP contribution in [0, 0.1) is 34.6 Å². The van der Waals surface area contributed by atoms with E-state index in [1.807, 2.05) is 39.0 Å². The Balaban J connectivity index is 2.21. The zero-order valence-corrected chi connectivity index (χ0v) is 19.3. The molecule has 3 rings (SSSR count). The zero-order valence-electron chi connectivity index (χ0n) is 17.7. The lowest BCUT2D eigenvalue weighted by molar-refractivity contribution is 0.103. The highest BCUT2D eigenvalue weighted by Crippen LogP contribution is 2.36. The van der Waals surface area contributed by atoms with Gasteiger partial charge in [-0.05, 0) is 57.4 Å². The van der Waals surface area contributed by atoms with Gasteiger partial charge in [0.25, 0.3) is 0 Å². The Morgan fingerprint density at radius 1 is 0.733 bits per heavy atom. The van der Waals surface area contributed by atoms with Crippen molar-refractivity contribution in [2.45, 2.75) is 34.6 Å². The fourth-order valence-corrected chi connectivity index (χ4v) is 5.78. The molecule has 0 aromatic heterocycles. The summed E-state index contributed by atoms with van der Waals surface area (Å²) in [6, 6.07) is 14.1. The molecule has 0 radical (unpaired) electrons. The minimum atomic E-state index is -2.45. The van der Waals surface area contributed by atoms with E-state index >= 15 is 0 Å². The molecule has 0 fully saturated rings. The normalized spacial score (nSPS) is 11.3. The first kappa shape index (κ1) is 22.1. The summed E-state index contributed by atoms with van der Waals surface area (Å²) in [7, 11) is -2.45. The maximum absolute atomic E-state index is 13.5. The molecule has 30 heavy (non-hydrogen) atoms. The second-order valence-electron chi connectivity index (χ2n) is 7.45. The van der Waals surface area contributed by atoms with Gasteiger partial charge in [-0.1, -0.05) is 58.6 Å². The van der Waals surface area contributed by atoms with E-state index in [0.717, 1.165) is 16.7 Å². The van der Waals surface area contributed by atoms with Crippen molar-refractivity contribution >= 4 is 36.0 Å². The molecule has 0 amide bonds. The van der Waals surface area contributed by atoms with Gasteiger partial charge in [0, 0.05) is 22.3 Å². The molecular weight excluding hydrogens is 415 g/mol. The van der Waals surface area contributed by atoms with Gasteiger partial charge >= 0.3 is 13.3 Å². The Bertz CT molecular complexity index is 1180. The molecule has 1 unspecified atom stereocenters. The van der Waals surface area contributed by atoms with Crippen LogP contribution in [0.2, 0.25) is 5.02 Å². The number of hydrogen-bond donors (Lipinski definition) is 0. The van der Waals surface area contributed by atoms with Gasteiger partial charge in [0.1, 0.15) is 0 Å². The molecular formula is C25H23ClO3P+. The third-order valence-corrected chi connectivity index (χ3v) is 7.66. The number of carbonyl (C=O) groups excluding carboxylic acids is 2. The largest absolute Gasteiger partial charge is 0.459 e. The first-order chi connectivity index (χ1) is 14.2. The van der Waals surface area contributed by atoms with Crippen LogP contribution in [0.3, 0.4) is 0 Å². The van der Waals surface area contributed by atoms with Crippen molar-refractivity contribution in [1.82, 2.24) is 0 Å². The molecule has 0 N–H and O–H groups in total. The first-order valence-electron chi connectivity index (χ1n) is 9.63. The van der Waals surface area contributed by atoms with Gasteiger partial charge in [0.05, 0.1) is 10.6 Å². The third-order valence-electron chi connectivity index (χ3n) is 5.67. The van der Waals surface area contributed by atoms with Gasteiger partial charge in [-0.15, -0.1) is 0 Å². The van der Waals surface area contributed by atoms with E-state index in [0.29, 0.717) is 27.6 Å². The lowest BCUT2D eigenvalue weighted by atomic mass is 9.89. The van der Waals surface area contributed by atoms with E-state index in [2.05, 4.69) is 0 Å². The number of carbonyl (C=O) groups is 2. The van der Waals surface area contributed by atoms with Crippen LogP contribution in [-0.4, -0.2) is 11.3 Å². The summed E-state index contributed by atoms with van der Waals surface area (Å²) in [6.45, 7) is 9.17. The quantitative estimate of drug-likeness (QED) is 0.342. The van der Waals surface area contributed by atoms with Gasteiger partial charge in [-0.3, -0.25) is 4.79 Å². The van der Waals surface area contributed by atoms with E-state index in [1.165, 1.54) is 0 Å². The molecule has 0 spiro atoms. The smallest absolute Gasteiger partial charge is 0.289 e. The average molecular weight is 438 g/mol. The van der Waals surface area contributed by atoms with Crippen LogP contribution >= 0.6 is 19.4 Å². The Hall–Kier alpha value is -2.61. The maximum atomic E-state index is 13.5. The van der Waals surface area contributed by atoms with Crippen LogP contribution in [-0.2, 0) is 4.57 Å². The molecule has 5 heteroatoms. The molecule has 0 saturated heterocycles. The van der Waals surface area contributed by atoms with Crippen LogP contribution in [0.4, 0.5) is 0 Å². The van der Waals surface area contributed by atoms with Crippen LogP contribution in [0.15, 0.2) is 48.5 Å². The van der Waals surface area contributed by atoms with Crippen molar-refractivity contribution in [3.8, 4) is 0 Å². The standard InChI is InChI=1S/C25H23ClO3P/c1-14-10-9-13-20(26)21(14)25(28)30(29)24-17(4)15(2)16(3)22(18(24)5)23(27)19-11-7-6-8-12-19/h6-13H,1-5H3/q+1. The van der Waals surface area contributed by atoms with Crippen LogP contribution < -0.4 is 5.30 Å². The zero-order chi connectivity index (χ0) is 22.2. The molecule has 0 aliphatic rings. The number of hydrogen-bond acceptors (Lipinski definition) is 3. The van der Waals surface area contributed by atoms with Crippen molar-refractivity contribution < 1.29 is 14.2 Å². The average Bonchev–Trinajstić information content (AvgIpc) is 2.72. The Kier molecular flexibility index (Phi) is 6.36. The molecule has 3 aromatic carbocycles. The highest BCUT2D eigenvalue weighted by atomic mass is 35.5. The SMILES string of the molecule is Cc1cccc(Cl)c1C(=O)[P+](=O)c1c(C)c(C)c(C)c(C(=O)c2ccccc2)c1C. The number of aryl methyl sites for hydroxylation is 1. The van der Waals surface area contributed by atoms with Gasteiger partial charge in [0.2, 0.25) is 5.30 Å². The summed E-state index contributed by atoms with van der Waals surface area (Å²) in [6.07, 6.45) is 0. The fraction of sp³-hybridized carbons (Fsp3) is 0.200. The summed E-state index contributed by atoms with van der Waals surface area (Å²) in [5.74, 6) is -0.139. The maximum Gasteiger partial charge on any atom is 0.459 e. The molecule has 0 bridgehead atoms. The summed E-state index contributed by atoms with van der Waals surface area (Å²) < 4.78 is 13.5. The van der Waals surface area contributed by atoms with E-state index in [9.17, 15) is 14.2 Å². The lowest BCUT2D eigenvalue weighted by Gasteiger charge is -2.15. The van der Waals surface area contributed by atoms with E-state index in [1.54, 1.807) is 44.2 Å². The van der Waals surface area contributed by atoms with Crippen molar-refractivity contribution in [3.63, 3.8) is 0 Å². The molecule has 0 aliphatic heterocycles. The van der Waals surface area contributed by atoms with Crippen molar-refractivity contribution in [3.05, 3.63) is 98.1 Å². The minimum Gasteiger partial charge on any atom is -0.289 e. The number of ketones is 1. The van der Waals surface area contributed by atoms with Crippen LogP contribution in [0.25, 0.3) is 0 Å². The summed E-state index contributed by atoms with van der Waals surface area (Å²) in [5.41, 5.74) is 4.56. The Morgan fingerprint density at radius 2 is 1.37 bits per heavy atom.